The van der Waals surface area contributed by atoms with Crippen molar-refractivity contribution in [2.24, 2.45) is 0 Å². The van der Waals surface area contributed by atoms with Crippen LogP contribution in [0.2, 0.25) is 0 Å². The van der Waals surface area contributed by atoms with Gasteiger partial charge in [-0.05, 0) is 31.9 Å². The summed E-state index contributed by atoms with van der Waals surface area (Å²) in [5, 5.41) is 11.9. The van der Waals surface area contributed by atoms with E-state index in [9.17, 15) is 18.3 Å². The van der Waals surface area contributed by atoms with E-state index in [0.717, 1.165) is 0 Å². The second-order valence-corrected chi connectivity index (χ2v) is 4.35. The zero-order valence-electron chi connectivity index (χ0n) is 9.30. The Bertz CT molecular complexity index is 427. The quantitative estimate of drug-likeness (QED) is 0.860. The zero-order chi connectivity index (χ0) is 12.7. The number of aromatic hydroxyl groups is 1. The van der Waals surface area contributed by atoms with Crippen molar-refractivity contribution in [2.75, 3.05) is 0 Å². The van der Waals surface area contributed by atoms with Gasteiger partial charge in [-0.3, -0.25) is 10.3 Å². The van der Waals surface area contributed by atoms with E-state index in [2.05, 4.69) is 10.3 Å². The predicted octanol–water partition coefficient (Wildman–Crippen LogP) is 2.28. The summed E-state index contributed by atoms with van der Waals surface area (Å²) >= 11 is 0. The van der Waals surface area contributed by atoms with Crippen molar-refractivity contribution in [3.63, 3.8) is 0 Å². The molecule has 94 valence electrons. The molecule has 2 N–H and O–H groups in total. The van der Waals surface area contributed by atoms with Crippen LogP contribution in [0.15, 0.2) is 12.1 Å². The van der Waals surface area contributed by atoms with Crippen molar-refractivity contribution in [2.45, 2.75) is 38.0 Å². The minimum Gasteiger partial charge on any atom is -0.506 e. The molecule has 0 spiro atoms. The summed E-state index contributed by atoms with van der Waals surface area (Å²) in [5.74, 6) is -0.0823. The maximum Gasteiger partial charge on any atom is 0.406 e. The first-order valence-electron chi connectivity index (χ1n) is 5.31. The number of aryl methyl sites for hydroxylation is 1. The molecule has 3 nitrogen and oxygen atoms in total. The Balaban J connectivity index is 2.06. The van der Waals surface area contributed by atoms with Crippen molar-refractivity contribution in [3.05, 3.63) is 23.5 Å². The molecule has 1 aromatic rings. The molecule has 0 bridgehead atoms. The monoisotopic (exact) mass is 246 g/mol. The van der Waals surface area contributed by atoms with Gasteiger partial charge < -0.3 is 5.11 Å². The van der Waals surface area contributed by atoms with Crippen LogP contribution < -0.4 is 5.32 Å². The Hall–Kier alpha value is -1.30. The average Bonchev–Trinajstić information content (AvgIpc) is 2.99. The third-order valence-corrected chi connectivity index (χ3v) is 2.98. The minimum atomic E-state index is -4.24. The molecule has 1 fully saturated rings. The number of nitrogens with zero attached hydrogens (tertiary/aromatic N) is 1. The van der Waals surface area contributed by atoms with Crippen LogP contribution in [0.1, 0.15) is 24.2 Å². The highest BCUT2D eigenvalue weighted by molar-refractivity contribution is 5.28. The average molecular weight is 246 g/mol. The van der Waals surface area contributed by atoms with Crippen molar-refractivity contribution in [1.82, 2.24) is 10.3 Å². The van der Waals surface area contributed by atoms with Gasteiger partial charge in [0.2, 0.25) is 0 Å². The molecule has 0 atom stereocenters. The first-order chi connectivity index (χ1) is 7.84. The molecule has 1 saturated carbocycles. The van der Waals surface area contributed by atoms with Gasteiger partial charge in [-0.2, -0.15) is 13.2 Å². The first-order valence-corrected chi connectivity index (χ1v) is 5.31. The lowest BCUT2D eigenvalue weighted by molar-refractivity contribution is -0.166. The number of hydrogen-bond donors (Lipinski definition) is 2. The van der Waals surface area contributed by atoms with Gasteiger partial charge in [0.15, 0.2) is 0 Å². The zero-order valence-corrected chi connectivity index (χ0v) is 9.30. The first kappa shape index (κ1) is 12.2. The van der Waals surface area contributed by atoms with Crippen LogP contribution in [-0.4, -0.2) is 21.8 Å². The SMILES string of the molecule is Cc1ccc(O)c(CNC2(C(F)(F)F)CC2)n1. The van der Waals surface area contributed by atoms with Crippen molar-refractivity contribution >= 4 is 0 Å². The lowest BCUT2D eigenvalue weighted by atomic mass is 10.2. The van der Waals surface area contributed by atoms with Crippen LogP contribution in [0.25, 0.3) is 0 Å². The van der Waals surface area contributed by atoms with Gasteiger partial charge in [0, 0.05) is 12.2 Å². The van der Waals surface area contributed by atoms with Crippen LogP contribution in [0.3, 0.4) is 0 Å². The molecule has 0 radical (unpaired) electrons. The lowest BCUT2D eigenvalue weighted by Crippen LogP contribution is -2.44. The third kappa shape index (κ3) is 2.36. The fraction of sp³-hybridized carbons (Fsp3) is 0.545. The molecule has 0 aromatic carbocycles. The van der Waals surface area contributed by atoms with Gasteiger partial charge in [-0.25, -0.2) is 0 Å². The van der Waals surface area contributed by atoms with Gasteiger partial charge in [0.1, 0.15) is 11.3 Å². The van der Waals surface area contributed by atoms with Gasteiger partial charge in [-0.15, -0.1) is 0 Å². The van der Waals surface area contributed by atoms with E-state index in [-0.39, 0.29) is 30.8 Å². The van der Waals surface area contributed by atoms with Crippen LogP contribution in [0.5, 0.6) is 5.75 Å². The van der Waals surface area contributed by atoms with Gasteiger partial charge in [0.25, 0.3) is 0 Å². The summed E-state index contributed by atoms with van der Waals surface area (Å²) in [5.41, 5.74) is -0.859. The van der Waals surface area contributed by atoms with E-state index in [1.165, 1.54) is 6.07 Å². The summed E-state index contributed by atoms with van der Waals surface area (Å²) < 4.78 is 37.9. The molecular weight excluding hydrogens is 233 g/mol. The minimum absolute atomic E-state index is 0.0764. The second kappa shape index (κ2) is 3.87. The molecule has 0 unspecified atom stereocenters. The molecule has 17 heavy (non-hydrogen) atoms. The number of rotatable bonds is 3. The lowest BCUT2D eigenvalue weighted by Gasteiger charge is -2.20. The molecule has 1 aliphatic rings. The van der Waals surface area contributed by atoms with Crippen LogP contribution in [0, 0.1) is 6.92 Å². The number of hydrogen-bond acceptors (Lipinski definition) is 3. The number of nitrogens with one attached hydrogen (secondary N) is 1. The van der Waals surface area contributed by atoms with Crippen LogP contribution >= 0.6 is 0 Å². The fourth-order valence-electron chi connectivity index (χ4n) is 1.67. The fourth-order valence-corrected chi connectivity index (χ4v) is 1.67. The summed E-state index contributed by atoms with van der Waals surface area (Å²) in [6.45, 7) is 1.65. The molecule has 0 amide bonds. The van der Waals surface area contributed by atoms with E-state index >= 15 is 0 Å². The molecule has 1 aromatic heterocycles. The highest BCUT2D eigenvalue weighted by Crippen LogP contribution is 2.49. The maximum absolute atomic E-state index is 12.6. The Labute approximate surface area is 96.7 Å². The number of aromatic nitrogens is 1. The normalized spacial score (nSPS) is 18.1. The van der Waals surface area contributed by atoms with E-state index < -0.39 is 11.7 Å². The molecule has 0 aliphatic heterocycles. The molecular formula is C11H13F3N2O. The second-order valence-electron chi connectivity index (χ2n) is 4.35. The van der Waals surface area contributed by atoms with Gasteiger partial charge in [-0.1, -0.05) is 0 Å². The number of alkyl halides is 3. The standard InChI is InChI=1S/C11H13F3N2O/c1-7-2-3-9(17)8(16-7)6-15-10(4-5-10)11(12,13)14/h2-3,15,17H,4-6H2,1H3. The molecule has 6 heteroatoms. The number of halogens is 3. The Morgan fingerprint density at radius 1 is 1.41 bits per heavy atom. The number of pyridine rings is 1. The Kier molecular flexibility index (Phi) is 2.77. The largest absolute Gasteiger partial charge is 0.506 e. The van der Waals surface area contributed by atoms with Crippen molar-refractivity contribution in [3.8, 4) is 5.75 Å². The van der Waals surface area contributed by atoms with Crippen LogP contribution in [-0.2, 0) is 6.54 Å². The Morgan fingerprint density at radius 2 is 2.06 bits per heavy atom. The summed E-state index contributed by atoms with van der Waals surface area (Å²) in [4.78, 5) is 4.01. The third-order valence-electron chi connectivity index (χ3n) is 2.98. The predicted molar refractivity (Wildman–Crippen MR) is 55.5 cm³/mol. The maximum atomic E-state index is 12.6. The summed E-state index contributed by atoms with van der Waals surface area (Å²) in [7, 11) is 0. The Morgan fingerprint density at radius 3 is 2.59 bits per heavy atom. The van der Waals surface area contributed by atoms with E-state index in [0.29, 0.717) is 5.69 Å². The summed E-state index contributed by atoms with van der Waals surface area (Å²) in [6.07, 6.45) is -4.07. The van der Waals surface area contributed by atoms with Gasteiger partial charge >= 0.3 is 6.18 Å². The molecule has 2 rings (SSSR count). The van der Waals surface area contributed by atoms with Crippen LogP contribution in [0.4, 0.5) is 13.2 Å². The highest BCUT2D eigenvalue weighted by Gasteiger charge is 2.63. The van der Waals surface area contributed by atoms with Crippen molar-refractivity contribution < 1.29 is 18.3 Å². The summed E-state index contributed by atoms with van der Waals surface area (Å²) in [6, 6.07) is 3.04. The molecule has 0 saturated heterocycles. The van der Waals surface area contributed by atoms with E-state index in [4.69, 9.17) is 0 Å². The topological polar surface area (TPSA) is 45.1 Å². The molecule has 1 aliphatic carbocycles. The highest BCUT2D eigenvalue weighted by atomic mass is 19.4. The van der Waals surface area contributed by atoms with Crippen molar-refractivity contribution in [1.29, 1.82) is 0 Å². The van der Waals surface area contributed by atoms with E-state index in [1.54, 1.807) is 13.0 Å². The van der Waals surface area contributed by atoms with E-state index in [1.807, 2.05) is 0 Å². The smallest absolute Gasteiger partial charge is 0.406 e. The van der Waals surface area contributed by atoms with Gasteiger partial charge in [0.05, 0.1) is 5.69 Å². The molecule has 1 heterocycles.